The molecule has 3 saturated heterocycles. The van der Waals surface area contributed by atoms with Crippen molar-refractivity contribution >= 4 is 82.5 Å². The van der Waals surface area contributed by atoms with Crippen molar-refractivity contribution < 1.29 is 70.7 Å². The predicted molar refractivity (Wildman–Crippen MR) is 361 cm³/mol. The highest BCUT2D eigenvalue weighted by Crippen LogP contribution is 2.44. The van der Waals surface area contributed by atoms with Gasteiger partial charge in [0.15, 0.2) is 0 Å². The number of likely N-dealkylation sites (tertiary alicyclic amines) is 1. The van der Waals surface area contributed by atoms with Gasteiger partial charge in [0, 0.05) is 74.3 Å². The van der Waals surface area contributed by atoms with Crippen molar-refractivity contribution in [2.45, 2.75) is 248 Å². The molecule has 3 aliphatic heterocycles. The van der Waals surface area contributed by atoms with Crippen LogP contribution in [0.4, 0.5) is 13.2 Å². The highest BCUT2D eigenvalue weighted by atomic mass is 35.5. The fourth-order valence-corrected chi connectivity index (χ4v) is 16.6. The molecule has 28 heteroatoms. The third-order valence-corrected chi connectivity index (χ3v) is 23.2. The lowest BCUT2D eigenvalue weighted by molar-refractivity contribution is -0.182. The van der Waals surface area contributed by atoms with Crippen LogP contribution in [-0.2, 0) is 57.5 Å². The zero-order chi connectivity index (χ0) is 72.2. The first kappa shape index (κ1) is 79.1. The molecule has 7 aliphatic rings. The fourth-order valence-electron chi connectivity index (χ4n) is 16.1. The van der Waals surface area contributed by atoms with Crippen molar-refractivity contribution in [3.63, 3.8) is 0 Å². The van der Waals surface area contributed by atoms with E-state index in [1.807, 2.05) is 20.8 Å². The van der Waals surface area contributed by atoms with Gasteiger partial charge >= 0.3 is 6.18 Å². The van der Waals surface area contributed by atoms with Crippen molar-refractivity contribution in [3.8, 4) is 0 Å². The van der Waals surface area contributed by atoms with Gasteiger partial charge in [-0.1, -0.05) is 72.6 Å². The van der Waals surface area contributed by atoms with Crippen molar-refractivity contribution in [2.24, 2.45) is 35.5 Å². The maximum atomic E-state index is 15.8. The van der Waals surface area contributed by atoms with E-state index in [4.69, 9.17) is 11.6 Å². The third-order valence-electron chi connectivity index (χ3n) is 22.7. The Bertz CT molecular complexity index is 2870. The summed E-state index contributed by atoms with van der Waals surface area (Å²) in [5.41, 5.74) is -1.55. The molecule has 3 N–H and O–H groups in total. The first-order valence-electron chi connectivity index (χ1n) is 36.2. The van der Waals surface area contributed by atoms with E-state index >= 15 is 28.8 Å². The minimum Gasteiger partial charge on any atom is -0.343 e. The first-order chi connectivity index (χ1) is 46.2. The molecule has 98 heavy (non-hydrogen) atoms. The molecule has 3 unspecified atom stereocenters. The Labute approximate surface area is 582 Å². The summed E-state index contributed by atoms with van der Waals surface area (Å²) in [5.74, 6) is -10.8. The standard InChI is InChI=1S/C70H112ClF3N12O12/c1-12-44(4)58-65(95)80(7)41-56(89)78(5)42-57(90)83(10)59(47-25-21-26-47)66(96)79(6)40-54(87)75-50(31-29-45-28-30-48(49(71)38-45)70(72,73)74)63(93)86-36-22-27-51(86)62(92)77-69(32-17-18-33-69)68(98)84(11)60(46-23-15-13-16-24-46)67(97)82(9)53(64(94)85-34-19-14-20-35-85)39-55(88)81(8)52(37-43(2)3)61(91)76-58/h43-53,58-60H,12-42H2,1-11H3,(H,75,87)(H,76,91)(H,77,92)/t44-,45?,48?,49?,50-,51-,52-,53-,58-,59-,60-/m0/s1. The number of nitrogens with zero attached hydrogens (tertiary/aromatic N) is 9. The number of piperidine rings is 1. The second-order valence-electron chi connectivity index (χ2n) is 30.1. The van der Waals surface area contributed by atoms with Crippen molar-refractivity contribution in [1.29, 1.82) is 0 Å². The molecule has 1 spiro atoms. The molecule has 4 aliphatic carbocycles. The second-order valence-corrected chi connectivity index (χ2v) is 30.7. The monoisotopic (exact) mass is 1400 g/mol. The third kappa shape index (κ3) is 19.2. The van der Waals surface area contributed by atoms with Crippen LogP contribution in [-0.4, -0.2) is 263 Å². The molecule has 0 radical (unpaired) electrons. The minimum absolute atomic E-state index is 0.00328. The molecule has 12 amide bonds. The largest absolute Gasteiger partial charge is 0.393 e. The number of likely N-dealkylation sites (N-methyl/N-ethyl adjacent to an activating group) is 7. The van der Waals surface area contributed by atoms with Crippen LogP contribution in [0.15, 0.2) is 0 Å². The first-order valence-corrected chi connectivity index (χ1v) is 36.7. The minimum atomic E-state index is -4.50. The number of halogens is 4. The van der Waals surface area contributed by atoms with Crippen molar-refractivity contribution in [3.05, 3.63) is 0 Å². The number of hydrogen-bond donors (Lipinski definition) is 3. The quantitative estimate of drug-likeness (QED) is 0.235. The number of hydrogen-bond acceptors (Lipinski definition) is 12. The summed E-state index contributed by atoms with van der Waals surface area (Å²) in [6.07, 6.45) is 5.27. The Morgan fingerprint density at radius 1 is 0.582 bits per heavy atom. The molecular weight excluding hydrogens is 1290 g/mol. The van der Waals surface area contributed by atoms with Gasteiger partial charge in [-0.2, -0.15) is 13.2 Å². The van der Waals surface area contributed by atoms with Gasteiger partial charge in [-0.25, -0.2) is 0 Å². The molecule has 0 aromatic carbocycles. The van der Waals surface area contributed by atoms with Crippen LogP contribution in [0.5, 0.6) is 0 Å². The van der Waals surface area contributed by atoms with E-state index in [-0.39, 0.29) is 82.1 Å². The molecule has 0 aromatic rings. The molecule has 7 fully saturated rings. The maximum Gasteiger partial charge on any atom is 0.393 e. The Morgan fingerprint density at radius 3 is 1.76 bits per heavy atom. The predicted octanol–water partition coefficient (Wildman–Crippen LogP) is 5.31. The van der Waals surface area contributed by atoms with Crippen LogP contribution in [0, 0.1) is 35.5 Å². The Morgan fingerprint density at radius 2 is 1.17 bits per heavy atom. The summed E-state index contributed by atoms with van der Waals surface area (Å²) in [6.45, 7) is 6.58. The van der Waals surface area contributed by atoms with E-state index in [0.29, 0.717) is 77.3 Å². The molecular formula is C70H112ClF3N12O12. The average molecular weight is 1410 g/mol. The normalized spacial score (nSPS) is 30.2. The van der Waals surface area contributed by atoms with E-state index < -0.39 is 174 Å². The van der Waals surface area contributed by atoms with Gasteiger partial charge in [-0.3, -0.25) is 57.5 Å². The number of alkyl halides is 4. The summed E-state index contributed by atoms with van der Waals surface area (Å²) < 4.78 is 41.9. The van der Waals surface area contributed by atoms with Crippen LogP contribution in [0.2, 0.25) is 0 Å². The summed E-state index contributed by atoms with van der Waals surface area (Å²) in [5, 5.41) is 7.61. The zero-order valence-electron chi connectivity index (χ0n) is 59.9. The number of fused-ring (bicyclic) bond motifs is 1. The molecule has 552 valence electrons. The topological polar surface area (TPSA) is 270 Å². The summed E-state index contributed by atoms with van der Waals surface area (Å²) in [4.78, 5) is 190. The molecule has 0 bridgehead atoms. The molecule has 0 aromatic heterocycles. The van der Waals surface area contributed by atoms with E-state index in [1.54, 1.807) is 11.8 Å². The second kappa shape index (κ2) is 34.9. The smallest absolute Gasteiger partial charge is 0.343 e. The fraction of sp³-hybridized carbons (Fsp3) is 0.829. The zero-order valence-corrected chi connectivity index (χ0v) is 60.7. The lowest BCUT2D eigenvalue weighted by Crippen LogP contribution is -2.65. The van der Waals surface area contributed by atoms with Crippen molar-refractivity contribution in [1.82, 2.24) is 60.0 Å². The Hall–Kier alpha value is -6.28. The molecule has 11 atom stereocenters. The van der Waals surface area contributed by atoms with Crippen LogP contribution in [0.3, 0.4) is 0 Å². The van der Waals surface area contributed by atoms with Gasteiger partial charge < -0.3 is 60.0 Å². The average Bonchev–Trinajstić information content (AvgIpc) is 1.35. The highest BCUT2D eigenvalue weighted by Gasteiger charge is 2.52. The highest BCUT2D eigenvalue weighted by molar-refractivity contribution is 6.21. The van der Waals surface area contributed by atoms with E-state index in [2.05, 4.69) is 16.0 Å². The number of carbonyl (C=O) groups excluding carboxylic acids is 12. The summed E-state index contributed by atoms with van der Waals surface area (Å²) in [6, 6.07) is -8.46. The Balaban J connectivity index is 1.27. The SMILES string of the molecule is CC[C@H](C)[C@@H]1NC(=O)[C@H](CC(C)C)N(C)C(=O)C[C@@H](C(=O)N2CCCCC2)N(C)C(=O)[C@H](C2CCCCC2)N(C)C(=O)C2(CCCC2)NC(=O)[C@@H]2CCCN2C(=O)[C@H](CCC2CCC(C(F)(F)F)C(Cl)C2)NC(=O)CN(C)C(=O)[C@H](C2CCC2)N(C)C(=O)CN(C)C(=O)CN(C)C1=O. The Kier molecular flexibility index (Phi) is 28.1. The van der Waals surface area contributed by atoms with E-state index in [1.165, 1.54) is 73.8 Å². The van der Waals surface area contributed by atoms with Gasteiger partial charge in [-0.05, 0) is 139 Å². The number of amides is 12. The van der Waals surface area contributed by atoms with Gasteiger partial charge in [0.1, 0.15) is 47.8 Å². The van der Waals surface area contributed by atoms with Gasteiger partial charge in [0.05, 0.1) is 32.0 Å². The number of nitrogens with one attached hydrogen (secondary N) is 3. The lowest BCUT2D eigenvalue weighted by Gasteiger charge is -2.43. The van der Waals surface area contributed by atoms with Crippen LogP contribution in [0.1, 0.15) is 188 Å². The lowest BCUT2D eigenvalue weighted by atomic mass is 9.78. The maximum absolute atomic E-state index is 15.8. The van der Waals surface area contributed by atoms with Crippen molar-refractivity contribution in [2.75, 3.05) is 88.6 Å². The summed E-state index contributed by atoms with van der Waals surface area (Å²) in [7, 11) is 10.0. The van der Waals surface area contributed by atoms with Gasteiger partial charge in [0.2, 0.25) is 70.9 Å². The summed E-state index contributed by atoms with van der Waals surface area (Å²) >= 11 is 6.39. The van der Waals surface area contributed by atoms with E-state index in [9.17, 15) is 41.9 Å². The van der Waals surface area contributed by atoms with Gasteiger partial charge in [0.25, 0.3) is 0 Å². The molecule has 24 nitrogen and oxygen atoms in total. The van der Waals surface area contributed by atoms with Crippen LogP contribution < -0.4 is 16.0 Å². The van der Waals surface area contributed by atoms with Gasteiger partial charge in [-0.15, -0.1) is 11.6 Å². The van der Waals surface area contributed by atoms with Crippen LogP contribution >= 0.6 is 11.6 Å². The molecule has 3 heterocycles. The number of carbonyl (C=O) groups is 12. The van der Waals surface area contributed by atoms with E-state index in [0.717, 1.165) is 46.8 Å². The number of rotatable bonds is 10. The molecule has 4 saturated carbocycles. The molecule has 7 rings (SSSR count). The van der Waals surface area contributed by atoms with Crippen LogP contribution in [0.25, 0.3) is 0 Å².